The number of nitrogen functional groups attached to an aromatic ring is 2. The fraction of sp³-hybridized carbons (Fsp3) is 0.500. The minimum atomic E-state index is -0.394. The molecule has 0 aliphatic carbocycles. The van der Waals surface area contributed by atoms with Crippen LogP contribution in [0.5, 0.6) is 0 Å². The van der Waals surface area contributed by atoms with Crippen LogP contribution in [0.2, 0.25) is 0 Å². The molecule has 12 nitrogen and oxygen atoms in total. The highest BCUT2D eigenvalue weighted by molar-refractivity contribution is 8.00. The molecule has 4 rings (SSSR count). The van der Waals surface area contributed by atoms with Crippen molar-refractivity contribution in [3.05, 3.63) is 45.5 Å². The van der Waals surface area contributed by atoms with Gasteiger partial charge in [0.25, 0.3) is 0 Å². The number of aliphatic hydroxyl groups excluding tert-OH is 2. The summed E-state index contributed by atoms with van der Waals surface area (Å²) in [6.07, 6.45) is 3.18. The molecule has 0 saturated carbocycles. The molecule has 30 heavy (non-hydrogen) atoms. The Morgan fingerprint density at radius 2 is 1.30 bits per heavy atom. The molecule has 2 fully saturated rings. The normalized spacial score (nSPS) is 25.7. The highest BCUT2D eigenvalue weighted by Gasteiger charge is 2.28. The summed E-state index contributed by atoms with van der Waals surface area (Å²) in [6, 6.07) is 3.13. The van der Waals surface area contributed by atoms with Crippen LogP contribution in [-0.2, 0) is 9.47 Å². The zero-order chi connectivity index (χ0) is 21.7. The van der Waals surface area contributed by atoms with Gasteiger partial charge in [-0.3, -0.25) is 9.13 Å². The third kappa shape index (κ3) is 5.53. The van der Waals surface area contributed by atoms with Gasteiger partial charge in [0.05, 0.1) is 26.4 Å². The van der Waals surface area contributed by atoms with E-state index >= 15 is 0 Å². The topological polar surface area (TPSA) is 181 Å². The van der Waals surface area contributed by atoms with Gasteiger partial charge in [0.2, 0.25) is 0 Å². The summed E-state index contributed by atoms with van der Waals surface area (Å²) in [5.41, 5.74) is 9.44. The van der Waals surface area contributed by atoms with Crippen LogP contribution in [0.3, 0.4) is 0 Å². The van der Waals surface area contributed by atoms with Crippen molar-refractivity contribution in [2.45, 2.75) is 21.6 Å². The average molecular weight is 459 g/mol. The highest BCUT2D eigenvalue weighted by Crippen LogP contribution is 2.34. The van der Waals surface area contributed by atoms with E-state index in [-0.39, 0.29) is 46.5 Å². The van der Waals surface area contributed by atoms with Gasteiger partial charge in [-0.2, -0.15) is 9.97 Å². The molecule has 0 radical (unpaired) electrons. The molecule has 4 atom stereocenters. The van der Waals surface area contributed by atoms with Gasteiger partial charge in [-0.05, 0) is 12.1 Å². The van der Waals surface area contributed by atoms with Crippen molar-refractivity contribution in [3.63, 3.8) is 0 Å². The molecule has 2 unspecified atom stereocenters. The fourth-order valence-electron chi connectivity index (χ4n) is 2.66. The Morgan fingerprint density at radius 1 is 0.900 bits per heavy atom. The van der Waals surface area contributed by atoms with E-state index in [1.165, 1.54) is 32.7 Å². The van der Waals surface area contributed by atoms with Gasteiger partial charge in [0.1, 0.15) is 33.3 Å². The summed E-state index contributed by atoms with van der Waals surface area (Å²) >= 11 is 2.79. The maximum absolute atomic E-state index is 11.5. The Labute approximate surface area is 179 Å². The number of thioether (sulfide) groups is 2. The van der Waals surface area contributed by atoms with E-state index in [1.807, 2.05) is 0 Å². The molecular weight excluding hydrogens is 436 g/mol. The summed E-state index contributed by atoms with van der Waals surface area (Å²) in [5.74, 6) is 0.415. The molecule has 2 saturated heterocycles. The van der Waals surface area contributed by atoms with Gasteiger partial charge in [-0.25, -0.2) is 9.59 Å². The second kappa shape index (κ2) is 10.3. The first-order valence-electron chi connectivity index (χ1n) is 8.86. The molecule has 2 aliphatic heterocycles. The SMILES string of the molecule is Nc1ccn(C2CO[C@@H](CO)S2)c(=O)n1.Nc1ccn(C2CO[C@H](CO)S2)c(=O)n1. The number of hydrogen-bond donors (Lipinski definition) is 4. The smallest absolute Gasteiger partial charge is 0.350 e. The molecule has 14 heteroatoms. The minimum Gasteiger partial charge on any atom is -0.393 e. The molecule has 2 aliphatic rings. The third-order valence-electron chi connectivity index (χ3n) is 4.09. The highest BCUT2D eigenvalue weighted by atomic mass is 32.2. The van der Waals surface area contributed by atoms with E-state index < -0.39 is 11.4 Å². The summed E-state index contributed by atoms with van der Waals surface area (Å²) in [5, 5.41) is 17.5. The van der Waals surface area contributed by atoms with Crippen LogP contribution in [0, 0.1) is 0 Å². The van der Waals surface area contributed by atoms with Crippen LogP contribution in [0.4, 0.5) is 11.6 Å². The summed E-state index contributed by atoms with van der Waals surface area (Å²) in [4.78, 5) is 30.2. The molecule has 164 valence electrons. The lowest BCUT2D eigenvalue weighted by Crippen LogP contribution is -2.26. The summed E-state index contributed by atoms with van der Waals surface area (Å²) in [6.45, 7) is 0.666. The largest absolute Gasteiger partial charge is 0.393 e. The van der Waals surface area contributed by atoms with E-state index in [1.54, 1.807) is 24.5 Å². The van der Waals surface area contributed by atoms with Crippen LogP contribution in [0.1, 0.15) is 10.7 Å². The second-order valence-electron chi connectivity index (χ2n) is 6.16. The standard InChI is InChI=1S/2C8H11N3O3S/c2*9-5-1-2-11(8(13)10-5)6-4-14-7(3-12)15-6/h2*1-2,6-7,12H,3-4H2,(H2,9,10,13)/t2*6?,7-/m10/s1. The van der Waals surface area contributed by atoms with Crippen molar-refractivity contribution in [1.82, 2.24) is 19.1 Å². The van der Waals surface area contributed by atoms with Gasteiger partial charge in [0, 0.05) is 12.4 Å². The zero-order valence-corrected chi connectivity index (χ0v) is 17.4. The number of rotatable bonds is 4. The molecule has 4 heterocycles. The lowest BCUT2D eigenvalue weighted by Gasteiger charge is -2.10. The zero-order valence-electron chi connectivity index (χ0n) is 15.7. The lowest BCUT2D eigenvalue weighted by molar-refractivity contribution is 0.0803. The predicted molar refractivity (Wildman–Crippen MR) is 113 cm³/mol. The molecular formula is C16H22N6O6S2. The van der Waals surface area contributed by atoms with Gasteiger partial charge in [-0.15, -0.1) is 23.5 Å². The number of ether oxygens (including phenoxy) is 2. The Morgan fingerprint density at radius 3 is 1.60 bits per heavy atom. The van der Waals surface area contributed by atoms with Crippen LogP contribution in [0.15, 0.2) is 34.1 Å². The van der Waals surface area contributed by atoms with E-state index in [4.69, 9.17) is 31.2 Å². The van der Waals surface area contributed by atoms with Crippen LogP contribution >= 0.6 is 23.5 Å². The number of aliphatic hydroxyl groups is 2. The van der Waals surface area contributed by atoms with Crippen molar-refractivity contribution >= 4 is 35.2 Å². The van der Waals surface area contributed by atoms with Crippen LogP contribution < -0.4 is 22.8 Å². The quantitative estimate of drug-likeness (QED) is 0.431. The van der Waals surface area contributed by atoms with Gasteiger partial charge in [-0.1, -0.05) is 0 Å². The Kier molecular flexibility index (Phi) is 7.74. The lowest BCUT2D eigenvalue weighted by atomic mass is 10.5. The molecule has 0 aromatic carbocycles. The first kappa shape index (κ1) is 22.6. The number of hydrogen-bond acceptors (Lipinski definition) is 12. The van der Waals surface area contributed by atoms with Crippen LogP contribution in [-0.4, -0.2) is 66.6 Å². The van der Waals surface area contributed by atoms with E-state index in [2.05, 4.69) is 9.97 Å². The van der Waals surface area contributed by atoms with Gasteiger partial charge in [0.15, 0.2) is 0 Å². The van der Waals surface area contributed by atoms with Crippen molar-refractivity contribution < 1.29 is 19.7 Å². The van der Waals surface area contributed by atoms with Gasteiger partial charge >= 0.3 is 11.4 Å². The maximum Gasteiger partial charge on any atom is 0.350 e. The summed E-state index contributed by atoms with van der Waals surface area (Å²) in [7, 11) is 0. The van der Waals surface area contributed by atoms with E-state index in [0.717, 1.165) is 0 Å². The average Bonchev–Trinajstić information content (AvgIpc) is 3.38. The Bertz CT molecular complexity index is 894. The number of nitrogens with zero attached hydrogens (tertiary/aromatic N) is 4. The van der Waals surface area contributed by atoms with Crippen molar-refractivity contribution in [3.8, 4) is 0 Å². The minimum absolute atomic E-state index is 0.0572. The third-order valence-corrected chi connectivity index (χ3v) is 6.62. The van der Waals surface area contributed by atoms with E-state index in [9.17, 15) is 9.59 Å². The molecule has 0 spiro atoms. The Balaban J connectivity index is 0.000000171. The maximum atomic E-state index is 11.5. The number of aromatic nitrogens is 4. The molecule has 0 amide bonds. The summed E-state index contributed by atoms with van der Waals surface area (Å²) < 4.78 is 13.4. The van der Waals surface area contributed by atoms with Gasteiger partial charge < -0.3 is 31.2 Å². The van der Waals surface area contributed by atoms with Crippen molar-refractivity contribution in [1.29, 1.82) is 0 Å². The molecule has 6 N–H and O–H groups in total. The first-order chi connectivity index (χ1) is 14.4. The predicted octanol–water partition coefficient (Wildman–Crippen LogP) is -1.19. The molecule has 2 aromatic heterocycles. The molecule has 2 aromatic rings. The monoisotopic (exact) mass is 458 g/mol. The number of nitrogens with two attached hydrogens (primary N) is 2. The van der Waals surface area contributed by atoms with Crippen LogP contribution in [0.25, 0.3) is 0 Å². The van der Waals surface area contributed by atoms with Crippen molar-refractivity contribution in [2.24, 2.45) is 0 Å². The number of anilines is 2. The second-order valence-corrected chi connectivity index (χ2v) is 8.84. The fourth-order valence-corrected chi connectivity index (χ4v) is 4.74. The van der Waals surface area contributed by atoms with Crippen molar-refractivity contribution in [2.75, 3.05) is 37.9 Å². The first-order valence-corrected chi connectivity index (χ1v) is 10.7. The Hall–Kier alpha value is -2.10. The molecule has 0 bridgehead atoms. The van der Waals surface area contributed by atoms with E-state index in [0.29, 0.717) is 13.2 Å².